The van der Waals surface area contributed by atoms with Gasteiger partial charge in [0.15, 0.2) is 0 Å². The molecule has 2 nitrogen and oxygen atoms in total. The SMILES string of the molecule is Cc1cc(Oc2ccc(C#N)cc2Br)ccc1Br. The van der Waals surface area contributed by atoms with Crippen molar-refractivity contribution in [3.8, 4) is 17.6 Å². The molecule has 2 aromatic rings. The lowest BCUT2D eigenvalue weighted by Crippen LogP contribution is -1.87. The predicted octanol–water partition coefficient (Wildman–Crippen LogP) is 5.18. The Bertz CT molecular complexity index is 632. The van der Waals surface area contributed by atoms with Crippen molar-refractivity contribution in [2.24, 2.45) is 0 Å². The molecule has 0 N–H and O–H groups in total. The van der Waals surface area contributed by atoms with Crippen LogP contribution in [0.15, 0.2) is 45.3 Å². The van der Waals surface area contributed by atoms with Crippen molar-refractivity contribution in [1.82, 2.24) is 0 Å². The lowest BCUT2D eigenvalue weighted by molar-refractivity contribution is 0.479. The van der Waals surface area contributed by atoms with E-state index in [0.29, 0.717) is 11.3 Å². The van der Waals surface area contributed by atoms with Gasteiger partial charge in [0.2, 0.25) is 0 Å². The van der Waals surface area contributed by atoms with Gasteiger partial charge >= 0.3 is 0 Å². The van der Waals surface area contributed by atoms with Crippen molar-refractivity contribution < 1.29 is 4.74 Å². The lowest BCUT2D eigenvalue weighted by atomic mass is 10.2. The molecule has 0 aromatic heterocycles. The van der Waals surface area contributed by atoms with E-state index < -0.39 is 0 Å². The largest absolute Gasteiger partial charge is 0.456 e. The molecule has 0 unspecified atom stereocenters. The van der Waals surface area contributed by atoms with Crippen LogP contribution >= 0.6 is 31.9 Å². The molecular formula is C14H9Br2NO. The van der Waals surface area contributed by atoms with Gasteiger partial charge in [0, 0.05) is 4.47 Å². The summed E-state index contributed by atoms with van der Waals surface area (Å²) in [6.07, 6.45) is 0. The Morgan fingerprint density at radius 2 is 1.83 bits per heavy atom. The highest BCUT2D eigenvalue weighted by molar-refractivity contribution is 9.10. The maximum Gasteiger partial charge on any atom is 0.141 e. The van der Waals surface area contributed by atoms with Gasteiger partial charge in [-0.25, -0.2) is 0 Å². The third-order valence-corrected chi connectivity index (χ3v) is 3.93. The van der Waals surface area contributed by atoms with Gasteiger partial charge < -0.3 is 4.74 Å². The number of rotatable bonds is 2. The minimum Gasteiger partial charge on any atom is -0.456 e. The van der Waals surface area contributed by atoms with E-state index in [-0.39, 0.29) is 0 Å². The third kappa shape index (κ3) is 2.92. The minimum absolute atomic E-state index is 0.598. The first-order valence-electron chi connectivity index (χ1n) is 5.24. The maximum atomic E-state index is 8.79. The molecule has 0 bridgehead atoms. The van der Waals surface area contributed by atoms with Crippen molar-refractivity contribution >= 4 is 31.9 Å². The number of aryl methyl sites for hydroxylation is 1. The van der Waals surface area contributed by atoms with E-state index in [9.17, 15) is 0 Å². The van der Waals surface area contributed by atoms with Crippen LogP contribution in [0.4, 0.5) is 0 Å². The topological polar surface area (TPSA) is 33.0 Å². The van der Waals surface area contributed by atoms with E-state index in [2.05, 4.69) is 37.9 Å². The van der Waals surface area contributed by atoms with Gasteiger partial charge in [-0.3, -0.25) is 0 Å². The Morgan fingerprint density at radius 1 is 1.06 bits per heavy atom. The molecule has 0 aliphatic heterocycles. The van der Waals surface area contributed by atoms with E-state index in [1.54, 1.807) is 18.2 Å². The first-order valence-corrected chi connectivity index (χ1v) is 6.82. The molecule has 0 amide bonds. The number of hydrogen-bond acceptors (Lipinski definition) is 2. The molecule has 0 saturated carbocycles. The summed E-state index contributed by atoms with van der Waals surface area (Å²) in [5.74, 6) is 1.46. The minimum atomic E-state index is 0.598. The second kappa shape index (κ2) is 5.55. The van der Waals surface area contributed by atoms with Crippen molar-refractivity contribution in [1.29, 1.82) is 5.26 Å². The highest BCUT2D eigenvalue weighted by Crippen LogP contribution is 2.31. The van der Waals surface area contributed by atoms with Gasteiger partial charge in [0.1, 0.15) is 11.5 Å². The highest BCUT2D eigenvalue weighted by atomic mass is 79.9. The molecular weight excluding hydrogens is 358 g/mol. The molecule has 18 heavy (non-hydrogen) atoms. The van der Waals surface area contributed by atoms with Crippen LogP contribution in [0.1, 0.15) is 11.1 Å². The Kier molecular flexibility index (Phi) is 4.05. The summed E-state index contributed by atoms with van der Waals surface area (Å²) in [5, 5.41) is 8.79. The van der Waals surface area contributed by atoms with Crippen LogP contribution in [0.25, 0.3) is 0 Å². The van der Waals surface area contributed by atoms with E-state index in [1.165, 1.54) is 0 Å². The zero-order valence-corrected chi connectivity index (χ0v) is 12.7. The van der Waals surface area contributed by atoms with Crippen molar-refractivity contribution in [3.63, 3.8) is 0 Å². The molecule has 2 rings (SSSR count). The summed E-state index contributed by atoms with van der Waals surface area (Å²) in [6, 6.07) is 13.1. The molecule has 0 aliphatic carbocycles. The fraction of sp³-hybridized carbons (Fsp3) is 0.0714. The fourth-order valence-corrected chi connectivity index (χ4v) is 2.17. The number of halogens is 2. The lowest BCUT2D eigenvalue weighted by Gasteiger charge is -2.09. The van der Waals surface area contributed by atoms with Crippen LogP contribution in [0, 0.1) is 18.3 Å². The first kappa shape index (κ1) is 13.1. The van der Waals surface area contributed by atoms with Gasteiger partial charge in [0.05, 0.1) is 16.1 Å². The Labute approximate surface area is 122 Å². The van der Waals surface area contributed by atoms with Crippen molar-refractivity contribution in [2.45, 2.75) is 6.92 Å². The Morgan fingerprint density at radius 3 is 2.44 bits per heavy atom. The van der Waals surface area contributed by atoms with Gasteiger partial charge in [-0.15, -0.1) is 0 Å². The maximum absolute atomic E-state index is 8.79. The molecule has 0 spiro atoms. The van der Waals surface area contributed by atoms with Crippen LogP contribution < -0.4 is 4.74 Å². The Balaban J connectivity index is 2.29. The summed E-state index contributed by atoms with van der Waals surface area (Å²) < 4.78 is 7.58. The highest BCUT2D eigenvalue weighted by Gasteiger charge is 2.05. The van der Waals surface area contributed by atoms with Crippen molar-refractivity contribution in [3.05, 3.63) is 56.5 Å². The molecule has 0 aliphatic rings. The average Bonchev–Trinajstić information content (AvgIpc) is 2.36. The Hall–Kier alpha value is -1.31. The van der Waals surface area contributed by atoms with Gasteiger partial charge in [-0.05, 0) is 64.8 Å². The van der Waals surface area contributed by atoms with Crippen LogP contribution in [0.5, 0.6) is 11.5 Å². The predicted molar refractivity (Wildman–Crippen MR) is 77.8 cm³/mol. The van der Waals surface area contributed by atoms with Crippen LogP contribution in [-0.2, 0) is 0 Å². The molecule has 0 saturated heterocycles. The summed E-state index contributed by atoms with van der Waals surface area (Å²) in [5.41, 5.74) is 1.71. The number of nitriles is 1. The first-order chi connectivity index (χ1) is 8.60. The van der Waals surface area contributed by atoms with Gasteiger partial charge in [-0.2, -0.15) is 5.26 Å². The zero-order chi connectivity index (χ0) is 13.1. The van der Waals surface area contributed by atoms with E-state index in [0.717, 1.165) is 20.3 Å². The summed E-state index contributed by atoms with van der Waals surface area (Å²) >= 11 is 6.84. The number of benzene rings is 2. The van der Waals surface area contributed by atoms with E-state index in [4.69, 9.17) is 10.00 Å². The van der Waals surface area contributed by atoms with E-state index in [1.807, 2.05) is 25.1 Å². The standard InChI is InChI=1S/C14H9Br2NO/c1-9-6-11(3-4-12(9)15)18-14-5-2-10(8-17)7-13(14)16/h2-7H,1H3. The summed E-state index contributed by atoms with van der Waals surface area (Å²) in [6.45, 7) is 2.00. The third-order valence-electron chi connectivity index (χ3n) is 2.42. The smallest absolute Gasteiger partial charge is 0.141 e. The monoisotopic (exact) mass is 365 g/mol. The molecule has 2 aromatic carbocycles. The number of hydrogen-bond donors (Lipinski definition) is 0. The number of ether oxygens (including phenoxy) is 1. The van der Waals surface area contributed by atoms with Crippen LogP contribution in [0.3, 0.4) is 0 Å². The van der Waals surface area contributed by atoms with Crippen LogP contribution in [0.2, 0.25) is 0 Å². The average molecular weight is 367 g/mol. The van der Waals surface area contributed by atoms with Crippen LogP contribution in [-0.4, -0.2) is 0 Å². The molecule has 0 atom stereocenters. The summed E-state index contributed by atoms with van der Waals surface area (Å²) in [7, 11) is 0. The molecule has 0 radical (unpaired) electrons. The van der Waals surface area contributed by atoms with Gasteiger partial charge in [-0.1, -0.05) is 15.9 Å². The molecule has 0 fully saturated rings. The quantitative estimate of drug-likeness (QED) is 0.733. The molecule has 4 heteroatoms. The second-order valence-electron chi connectivity index (χ2n) is 3.77. The normalized spacial score (nSPS) is 9.89. The fourth-order valence-electron chi connectivity index (χ4n) is 1.46. The second-order valence-corrected chi connectivity index (χ2v) is 5.48. The number of nitrogens with zero attached hydrogens (tertiary/aromatic N) is 1. The van der Waals surface area contributed by atoms with Crippen molar-refractivity contribution in [2.75, 3.05) is 0 Å². The summed E-state index contributed by atoms with van der Waals surface area (Å²) in [4.78, 5) is 0. The zero-order valence-electron chi connectivity index (χ0n) is 9.58. The molecule has 90 valence electrons. The van der Waals surface area contributed by atoms with E-state index >= 15 is 0 Å². The molecule has 0 heterocycles. The van der Waals surface area contributed by atoms with Gasteiger partial charge in [0.25, 0.3) is 0 Å².